The van der Waals surface area contributed by atoms with Gasteiger partial charge in [0, 0.05) is 26.4 Å². The number of nitrogens with one attached hydrogen (secondary N) is 1. The van der Waals surface area contributed by atoms with Gasteiger partial charge in [-0.2, -0.15) is 5.10 Å². The lowest BCUT2D eigenvalue weighted by Crippen LogP contribution is -2.16. The summed E-state index contributed by atoms with van der Waals surface area (Å²) in [6.07, 6.45) is 0. The van der Waals surface area contributed by atoms with Crippen molar-refractivity contribution in [1.29, 1.82) is 0 Å². The Morgan fingerprint density at radius 1 is 1.12 bits per heavy atom. The average Bonchev–Trinajstić information content (AvgIpc) is 3.13. The monoisotopic (exact) mass is 429 g/mol. The molecule has 1 atom stereocenters. The van der Waals surface area contributed by atoms with Crippen LogP contribution in [0.1, 0.15) is 27.2 Å². The zero-order chi connectivity index (χ0) is 18.3. The summed E-state index contributed by atoms with van der Waals surface area (Å²) < 4.78 is 14.6. The predicted molar refractivity (Wildman–Crippen MR) is 106 cm³/mol. The van der Waals surface area contributed by atoms with Gasteiger partial charge in [-0.25, -0.2) is 4.68 Å². The second-order valence-electron chi connectivity index (χ2n) is 6.21. The van der Waals surface area contributed by atoms with Gasteiger partial charge in [0.1, 0.15) is 5.82 Å². The molecule has 26 heavy (non-hydrogen) atoms. The molecule has 0 radical (unpaired) electrons. The Morgan fingerprint density at radius 3 is 2.50 bits per heavy atom. The van der Waals surface area contributed by atoms with Crippen molar-refractivity contribution in [1.82, 2.24) is 9.78 Å². The first-order valence-corrected chi connectivity index (χ1v) is 10.4. The van der Waals surface area contributed by atoms with Gasteiger partial charge < -0.3 is 5.32 Å². The number of aromatic nitrogens is 2. The number of carbonyl (C=O) groups is 1. The van der Waals surface area contributed by atoms with Gasteiger partial charge in [-0.05, 0) is 43.3 Å². The van der Waals surface area contributed by atoms with E-state index in [0.717, 1.165) is 27.0 Å². The van der Waals surface area contributed by atoms with E-state index in [1.54, 1.807) is 16.8 Å². The predicted octanol–water partition coefficient (Wildman–Crippen LogP) is 3.96. The van der Waals surface area contributed by atoms with E-state index in [1.165, 1.54) is 0 Å². The van der Waals surface area contributed by atoms with Gasteiger partial charge in [-0.3, -0.25) is 9.00 Å². The first-order chi connectivity index (χ1) is 12.5. The van der Waals surface area contributed by atoms with Crippen LogP contribution in [-0.2, 0) is 22.3 Å². The number of halogens is 1. The number of fused-ring (bicyclic) bond motifs is 1. The van der Waals surface area contributed by atoms with Crippen LogP contribution in [0.4, 0.5) is 5.82 Å². The van der Waals surface area contributed by atoms with E-state index in [0.29, 0.717) is 22.9 Å². The van der Waals surface area contributed by atoms with Crippen LogP contribution < -0.4 is 5.32 Å². The van der Waals surface area contributed by atoms with Gasteiger partial charge >= 0.3 is 0 Å². The van der Waals surface area contributed by atoms with Crippen molar-refractivity contribution in [3.63, 3.8) is 0 Å². The Bertz CT molecular complexity index is 1010. The van der Waals surface area contributed by atoms with E-state index in [-0.39, 0.29) is 5.91 Å². The van der Waals surface area contributed by atoms with Gasteiger partial charge in [0.2, 0.25) is 0 Å². The topological polar surface area (TPSA) is 64.0 Å². The zero-order valence-electron chi connectivity index (χ0n) is 14.0. The van der Waals surface area contributed by atoms with Crippen LogP contribution in [-0.4, -0.2) is 19.9 Å². The van der Waals surface area contributed by atoms with Gasteiger partial charge in [0.15, 0.2) is 0 Å². The van der Waals surface area contributed by atoms with Crippen molar-refractivity contribution in [3.05, 3.63) is 75.4 Å². The highest BCUT2D eigenvalue weighted by atomic mass is 79.9. The van der Waals surface area contributed by atoms with E-state index in [2.05, 4.69) is 26.3 Å². The molecule has 1 unspecified atom stereocenters. The van der Waals surface area contributed by atoms with Crippen molar-refractivity contribution in [3.8, 4) is 5.69 Å². The standard InChI is InChI=1S/C19H16BrN3O2S/c1-12-2-8-15(9-3-12)23-18(16-10-26(25)11-17(16)22-23)21-19(24)13-4-6-14(20)7-5-13/h2-9H,10-11H2,1H3,(H,21,24). The number of amides is 1. The lowest BCUT2D eigenvalue weighted by atomic mass is 10.2. The average molecular weight is 430 g/mol. The third-order valence-electron chi connectivity index (χ3n) is 4.29. The highest BCUT2D eigenvalue weighted by molar-refractivity contribution is 9.10. The molecule has 0 bridgehead atoms. The van der Waals surface area contributed by atoms with E-state index >= 15 is 0 Å². The summed E-state index contributed by atoms with van der Waals surface area (Å²) in [5.41, 5.74) is 4.21. The molecule has 0 saturated heterocycles. The molecular weight excluding hydrogens is 414 g/mol. The van der Waals surface area contributed by atoms with Crippen LogP contribution in [0.3, 0.4) is 0 Å². The molecular formula is C19H16BrN3O2S. The molecule has 0 spiro atoms. The number of hydrogen-bond donors (Lipinski definition) is 1. The Labute approximate surface area is 162 Å². The van der Waals surface area contributed by atoms with Gasteiger partial charge in [0.05, 0.1) is 22.9 Å². The van der Waals surface area contributed by atoms with Crippen molar-refractivity contribution >= 4 is 38.5 Å². The second-order valence-corrected chi connectivity index (χ2v) is 8.58. The van der Waals surface area contributed by atoms with Crippen LogP contribution in [0.5, 0.6) is 0 Å². The fourth-order valence-electron chi connectivity index (χ4n) is 2.91. The quantitative estimate of drug-likeness (QED) is 0.684. The summed E-state index contributed by atoms with van der Waals surface area (Å²) in [7, 11) is -0.963. The van der Waals surface area contributed by atoms with Crippen LogP contribution in [0.2, 0.25) is 0 Å². The third kappa shape index (κ3) is 3.24. The van der Waals surface area contributed by atoms with E-state index in [1.807, 2.05) is 43.3 Å². The van der Waals surface area contributed by atoms with Crippen LogP contribution in [0.15, 0.2) is 53.0 Å². The molecule has 5 nitrogen and oxygen atoms in total. The number of aryl methyl sites for hydroxylation is 1. The largest absolute Gasteiger partial charge is 0.306 e. The normalized spacial score (nSPS) is 15.7. The minimum atomic E-state index is -0.963. The zero-order valence-corrected chi connectivity index (χ0v) is 16.4. The van der Waals surface area contributed by atoms with E-state index in [9.17, 15) is 9.00 Å². The lowest BCUT2D eigenvalue weighted by molar-refractivity contribution is 0.102. The minimum Gasteiger partial charge on any atom is -0.306 e. The van der Waals surface area contributed by atoms with Crippen molar-refractivity contribution < 1.29 is 9.00 Å². The molecule has 1 aliphatic rings. The summed E-state index contributed by atoms with van der Waals surface area (Å²) in [5, 5.41) is 7.58. The molecule has 2 aromatic carbocycles. The van der Waals surface area contributed by atoms with Crippen LogP contribution >= 0.6 is 15.9 Å². The smallest absolute Gasteiger partial charge is 0.256 e. The van der Waals surface area contributed by atoms with Crippen molar-refractivity contribution in [2.75, 3.05) is 5.32 Å². The molecule has 1 aliphatic heterocycles. The number of nitrogens with zero attached hydrogens (tertiary/aromatic N) is 2. The molecule has 132 valence electrons. The summed E-state index contributed by atoms with van der Waals surface area (Å²) in [4.78, 5) is 12.7. The first kappa shape index (κ1) is 17.2. The Hall–Kier alpha value is -2.25. The summed E-state index contributed by atoms with van der Waals surface area (Å²) in [6, 6.07) is 15.1. The Kier molecular flexibility index (Phi) is 4.50. The van der Waals surface area contributed by atoms with Crippen LogP contribution in [0.25, 0.3) is 5.69 Å². The molecule has 1 amide bonds. The lowest BCUT2D eigenvalue weighted by Gasteiger charge is -2.11. The number of carbonyl (C=O) groups excluding carboxylic acids is 1. The summed E-state index contributed by atoms with van der Waals surface area (Å²) in [6.45, 7) is 2.02. The maximum Gasteiger partial charge on any atom is 0.256 e. The summed E-state index contributed by atoms with van der Waals surface area (Å²) >= 11 is 3.37. The number of anilines is 1. The highest BCUT2D eigenvalue weighted by Gasteiger charge is 2.28. The molecule has 3 aromatic rings. The van der Waals surface area contributed by atoms with Gasteiger partial charge in [-0.1, -0.05) is 33.6 Å². The molecule has 2 heterocycles. The molecule has 4 rings (SSSR count). The second kappa shape index (κ2) is 6.81. The van der Waals surface area contributed by atoms with E-state index in [4.69, 9.17) is 0 Å². The van der Waals surface area contributed by atoms with Gasteiger partial charge in [0.25, 0.3) is 5.91 Å². The third-order valence-corrected chi connectivity index (χ3v) is 6.02. The first-order valence-electron chi connectivity index (χ1n) is 8.11. The fourth-order valence-corrected chi connectivity index (χ4v) is 4.44. The number of rotatable bonds is 3. The maximum atomic E-state index is 12.7. The maximum absolute atomic E-state index is 12.7. The Morgan fingerprint density at radius 2 is 1.81 bits per heavy atom. The van der Waals surface area contributed by atoms with Crippen molar-refractivity contribution in [2.45, 2.75) is 18.4 Å². The highest BCUT2D eigenvalue weighted by Crippen LogP contribution is 2.31. The van der Waals surface area contributed by atoms with E-state index < -0.39 is 10.8 Å². The molecule has 0 saturated carbocycles. The molecule has 1 N–H and O–H groups in total. The molecule has 7 heteroatoms. The van der Waals surface area contributed by atoms with Gasteiger partial charge in [-0.15, -0.1) is 0 Å². The fraction of sp³-hybridized carbons (Fsp3) is 0.158. The summed E-state index contributed by atoms with van der Waals surface area (Å²) in [5.74, 6) is 1.22. The number of hydrogen-bond acceptors (Lipinski definition) is 3. The molecule has 0 aliphatic carbocycles. The Balaban J connectivity index is 1.74. The minimum absolute atomic E-state index is 0.216. The molecule has 1 aromatic heterocycles. The molecule has 0 fully saturated rings. The van der Waals surface area contributed by atoms with Crippen molar-refractivity contribution in [2.24, 2.45) is 0 Å². The van der Waals surface area contributed by atoms with Crippen LogP contribution in [0, 0.1) is 6.92 Å². The SMILES string of the molecule is Cc1ccc(-n2nc3c(c2NC(=O)c2ccc(Br)cc2)CS(=O)C3)cc1. The number of benzene rings is 2.